The van der Waals surface area contributed by atoms with Crippen LogP contribution >= 0.6 is 0 Å². The Kier molecular flexibility index (Phi) is 6.51. The molecular weight excluding hydrogens is 374 g/mol. The van der Waals surface area contributed by atoms with Crippen LogP contribution in [0.3, 0.4) is 0 Å². The lowest BCUT2D eigenvalue weighted by atomic mass is 9.99. The third-order valence-electron chi connectivity index (χ3n) is 5.52. The third kappa shape index (κ3) is 4.58. The first-order chi connectivity index (χ1) is 13.9. The van der Waals surface area contributed by atoms with Crippen molar-refractivity contribution < 1.29 is 23.9 Å². The monoisotopic (exact) mass is 401 g/mol. The van der Waals surface area contributed by atoms with Crippen molar-refractivity contribution in [2.45, 2.75) is 58.2 Å². The molecule has 2 saturated heterocycles. The van der Waals surface area contributed by atoms with Gasteiger partial charge in [0, 0.05) is 12.6 Å². The highest BCUT2D eigenvalue weighted by Crippen LogP contribution is 2.22. The molecule has 0 aliphatic carbocycles. The first kappa shape index (κ1) is 20.8. The van der Waals surface area contributed by atoms with Gasteiger partial charge in [-0.25, -0.2) is 9.59 Å². The number of esters is 1. The van der Waals surface area contributed by atoms with E-state index in [1.165, 1.54) is 0 Å². The van der Waals surface area contributed by atoms with Gasteiger partial charge in [0.15, 0.2) is 6.10 Å². The van der Waals surface area contributed by atoms with Crippen LogP contribution in [0.4, 0.5) is 4.79 Å². The molecule has 0 unspecified atom stereocenters. The molecule has 156 valence electrons. The number of piperidine rings is 1. The summed E-state index contributed by atoms with van der Waals surface area (Å²) in [6.45, 7) is 4.25. The summed E-state index contributed by atoms with van der Waals surface area (Å²) in [6.07, 6.45) is 3.00. The molecule has 8 nitrogen and oxygen atoms in total. The molecule has 1 aromatic carbocycles. The number of likely N-dealkylation sites (tertiary alicyclic amines) is 1. The predicted molar refractivity (Wildman–Crippen MR) is 105 cm³/mol. The van der Waals surface area contributed by atoms with Crippen molar-refractivity contribution >= 4 is 23.8 Å². The fourth-order valence-electron chi connectivity index (χ4n) is 3.87. The first-order valence-corrected chi connectivity index (χ1v) is 10.1. The zero-order valence-electron chi connectivity index (χ0n) is 16.8. The van der Waals surface area contributed by atoms with Crippen molar-refractivity contribution in [1.82, 2.24) is 15.1 Å². The van der Waals surface area contributed by atoms with Crippen molar-refractivity contribution in [3.8, 4) is 0 Å². The normalized spacial score (nSPS) is 20.4. The van der Waals surface area contributed by atoms with Gasteiger partial charge < -0.3 is 15.0 Å². The highest BCUT2D eigenvalue weighted by Gasteiger charge is 2.32. The number of benzene rings is 1. The molecule has 3 rings (SSSR count). The number of rotatable bonds is 6. The van der Waals surface area contributed by atoms with Gasteiger partial charge in [0.2, 0.25) is 5.91 Å². The topological polar surface area (TPSA) is 96.0 Å². The summed E-state index contributed by atoms with van der Waals surface area (Å²) in [5.74, 6) is -1.17. The molecule has 2 aliphatic heterocycles. The average molecular weight is 401 g/mol. The van der Waals surface area contributed by atoms with Crippen molar-refractivity contribution in [3.63, 3.8) is 0 Å². The minimum Gasteiger partial charge on any atom is -0.449 e. The van der Waals surface area contributed by atoms with Crippen molar-refractivity contribution in [1.29, 1.82) is 0 Å². The van der Waals surface area contributed by atoms with E-state index in [1.54, 1.807) is 31.2 Å². The molecule has 0 radical (unpaired) electrons. The largest absolute Gasteiger partial charge is 0.449 e. The van der Waals surface area contributed by atoms with Crippen molar-refractivity contribution in [2.24, 2.45) is 0 Å². The number of nitrogens with zero attached hydrogens (tertiary/aromatic N) is 2. The van der Waals surface area contributed by atoms with Gasteiger partial charge in [0.1, 0.15) is 0 Å². The molecule has 2 atom stereocenters. The van der Waals surface area contributed by atoms with Gasteiger partial charge >= 0.3 is 12.0 Å². The Morgan fingerprint density at radius 1 is 1.24 bits per heavy atom. The molecule has 2 aliphatic rings. The Morgan fingerprint density at radius 2 is 2.00 bits per heavy atom. The molecule has 0 saturated carbocycles. The minimum atomic E-state index is -0.903. The molecule has 2 fully saturated rings. The second-order valence-electron chi connectivity index (χ2n) is 7.43. The Bertz CT molecular complexity index is 793. The SMILES string of the molecule is CC[C@@H]1CCCCN1C(=O)[C@H](C)OC(=O)c1ccccc1CN1C(=O)CNC1=O. The standard InChI is InChI=1S/C21H27N3O5/c1-3-16-9-6-7-11-23(16)19(26)14(2)29-20(27)17-10-5-4-8-15(17)13-24-18(25)12-22-21(24)28/h4-5,8,10,14,16H,3,6-7,9,11-13H2,1-2H3,(H,22,28)/t14-,16+/m0/s1. The summed E-state index contributed by atoms with van der Waals surface area (Å²) in [7, 11) is 0. The molecule has 0 aromatic heterocycles. The second-order valence-corrected chi connectivity index (χ2v) is 7.43. The van der Waals surface area contributed by atoms with Crippen LogP contribution in [0.5, 0.6) is 0 Å². The maximum Gasteiger partial charge on any atom is 0.339 e. The van der Waals surface area contributed by atoms with Crippen LogP contribution in [0.15, 0.2) is 24.3 Å². The third-order valence-corrected chi connectivity index (χ3v) is 5.52. The van der Waals surface area contributed by atoms with E-state index in [2.05, 4.69) is 12.2 Å². The number of hydrogen-bond donors (Lipinski definition) is 1. The van der Waals surface area contributed by atoms with Crippen molar-refractivity contribution in [3.05, 3.63) is 35.4 Å². The smallest absolute Gasteiger partial charge is 0.339 e. The number of carbonyl (C=O) groups excluding carboxylic acids is 4. The van der Waals surface area contributed by atoms with Gasteiger partial charge in [-0.1, -0.05) is 25.1 Å². The zero-order chi connectivity index (χ0) is 21.0. The number of ether oxygens (including phenoxy) is 1. The molecule has 29 heavy (non-hydrogen) atoms. The lowest BCUT2D eigenvalue weighted by Gasteiger charge is -2.36. The number of carbonyl (C=O) groups is 4. The van der Waals surface area contributed by atoms with Crippen LogP contribution in [0.1, 0.15) is 55.5 Å². The molecule has 1 aromatic rings. The quantitative estimate of drug-likeness (QED) is 0.582. The van der Waals surface area contributed by atoms with Gasteiger partial charge in [-0.3, -0.25) is 14.5 Å². The molecule has 2 heterocycles. The Hall–Kier alpha value is -2.90. The van der Waals surface area contributed by atoms with Gasteiger partial charge in [0.25, 0.3) is 5.91 Å². The number of amides is 4. The van der Waals surface area contributed by atoms with Crippen LogP contribution in [-0.4, -0.2) is 58.8 Å². The number of hydrogen-bond acceptors (Lipinski definition) is 5. The van der Waals surface area contributed by atoms with E-state index in [0.29, 0.717) is 12.1 Å². The average Bonchev–Trinajstić information content (AvgIpc) is 3.05. The van der Waals surface area contributed by atoms with Gasteiger partial charge in [-0.15, -0.1) is 0 Å². The zero-order valence-corrected chi connectivity index (χ0v) is 16.8. The summed E-state index contributed by atoms with van der Waals surface area (Å²) in [6, 6.07) is 6.33. The van der Waals surface area contributed by atoms with Gasteiger partial charge in [-0.05, 0) is 44.2 Å². The van der Waals surface area contributed by atoms with E-state index in [-0.39, 0.29) is 36.5 Å². The van der Waals surface area contributed by atoms with Gasteiger partial charge in [0.05, 0.1) is 18.7 Å². The van der Waals surface area contributed by atoms with Crippen LogP contribution in [0.2, 0.25) is 0 Å². The molecule has 0 bridgehead atoms. The molecule has 0 spiro atoms. The highest BCUT2D eigenvalue weighted by atomic mass is 16.5. The predicted octanol–water partition coefficient (Wildman–Crippen LogP) is 2.07. The van der Waals surface area contributed by atoms with Crippen LogP contribution in [-0.2, 0) is 20.9 Å². The molecular formula is C21H27N3O5. The Balaban J connectivity index is 1.69. The maximum absolute atomic E-state index is 12.8. The lowest BCUT2D eigenvalue weighted by Crippen LogP contribution is -2.48. The van der Waals surface area contributed by atoms with E-state index in [1.807, 2.05) is 4.90 Å². The van der Waals surface area contributed by atoms with Crippen LogP contribution in [0.25, 0.3) is 0 Å². The van der Waals surface area contributed by atoms with E-state index in [4.69, 9.17) is 4.74 Å². The number of urea groups is 1. The highest BCUT2D eigenvalue weighted by molar-refractivity contribution is 6.02. The van der Waals surface area contributed by atoms with E-state index >= 15 is 0 Å². The summed E-state index contributed by atoms with van der Waals surface area (Å²) in [5.41, 5.74) is 0.734. The number of imide groups is 1. The number of nitrogens with one attached hydrogen (secondary N) is 1. The summed E-state index contributed by atoms with van der Waals surface area (Å²) in [4.78, 5) is 52.1. The second kappa shape index (κ2) is 9.07. The first-order valence-electron chi connectivity index (χ1n) is 10.1. The lowest BCUT2D eigenvalue weighted by molar-refractivity contribution is -0.143. The van der Waals surface area contributed by atoms with E-state index in [0.717, 1.165) is 30.6 Å². The van der Waals surface area contributed by atoms with E-state index in [9.17, 15) is 19.2 Å². The van der Waals surface area contributed by atoms with E-state index < -0.39 is 18.1 Å². The maximum atomic E-state index is 12.8. The minimum absolute atomic E-state index is 0.0255. The van der Waals surface area contributed by atoms with Gasteiger partial charge in [-0.2, -0.15) is 0 Å². The van der Waals surface area contributed by atoms with Crippen LogP contribution < -0.4 is 5.32 Å². The summed E-state index contributed by atoms with van der Waals surface area (Å²) in [5, 5.41) is 2.45. The fourth-order valence-corrected chi connectivity index (χ4v) is 3.87. The van der Waals surface area contributed by atoms with Crippen LogP contribution in [0, 0.1) is 0 Å². The molecule has 4 amide bonds. The van der Waals surface area contributed by atoms with Crippen molar-refractivity contribution in [2.75, 3.05) is 13.1 Å². The summed E-state index contributed by atoms with van der Waals surface area (Å²) >= 11 is 0. The Morgan fingerprint density at radius 3 is 2.69 bits per heavy atom. The Labute approximate surface area is 170 Å². The molecule has 8 heteroatoms. The summed E-state index contributed by atoms with van der Waals surface area (Å²) < 4.78 is 5.47. The molecule has 1 N–H and O–H groups in total. The fraction of sp³-hybridized carbons (Fsp3) is 0.524.